The van der Waals surface area contributed by atoms with E-state index < -0.39 is 0 Å². The zero-order chi connectivity index (χ0) is 14.7. The van der Waals surface area contributed by atoms with Gasteiger partial charge >= 0.3 is 0 Å². The lowest BCUT2D eigenvalue weighted by Gasteiger charge is -2.63. The van der Waals surface area contributed by atoms with Crippen molar-refractivity contribution in [3.8, 4) is 0 Å². The predicted molar refractivity (Wildman–Crippen MR) is 79.5 cm³/mol. The molecule has 4 aliphatic rings. The van der Waals surface area contributed by atoms with Gasteiger partial charge in [0.1, 0.15) is 5.82 Å². The Morgan fingerprint density at radius 2 is 2.00 bits per heavy atom. The van der Waals surface area contributed by atoms with Crippen molar-refractivity contribution in [2.24, 2.45) is 28.5 Å². The largest absolute Gasteiger partial charge is 0.271 e. The van der Waals surface area contributed by atoms with Gasteiger partial charge in [-0.25, -0.2) is 4.39 Å². The minimum Gasteiger partial charge on any atom is -0.271 e. The molecule has 4 bridgehead atoms. The molecule has 3 atom stereocenters. The van der Waals surface area contributed by atoms with Gasteiger partial charge in [-0.2, -0.15) is 0 Å². The lowest BCUT2D eigenvalue weighted by molar-refractivity contribution is -0.119. The molecular weight excluding hydrogens is 265 g/mol. The van der Waals surface area contributed by atoms with Gasteiger partial charge in [-0.3, -0.25) is 16.3 Å². The van der Waals surface area contributed by atoms with Crippen LogP contribution in [0.25, 0.3) is 0 Å². The molecule has 4 fully saturated rings. The standard InChI is InChI=1S/C17H24FN3/c1-16-4-11-2-12(5-16)7-17(6-11,10-16)15(21-19)13-3-14(18)9-20-8-13/h3,8-9,11-12,15,21H,2,4-7,10,19H2,1H3. The van der Waals surface area contributed by atoms with E-state index in [1.54, 1.807) is 12.3 Å². The summed E-state index contributed by atoms with van der Waals surface area (Å²) in [5.74, 6) is 7.30. The maximum absolute atomic E-state index is 13.6. The number of halogens is 1. The second-order valence-electron chi connectivity index (χ2n) is 8.17. The first-order valence-corrected chi connectivity index (χ1v) is 8.09. The van der Waals surface area contributed by atoms with Gasteiger partial charge in [0, 0.05) is 6.20 Å². The van der Waals surface area contributed by atoms with Gasteiger partial charge < -0.3 is 0 Å². The molecule has 0 spiro atoms. The van der Waals surface area contributed by atoms with Crippen LogP contribution in [-0.2, 0) is 0 Å². The number of nitrogens with two attached hydrogens (primary N) is 1. The van der Waals surface area contributed by atoms with Crippen LogP contribution in [0.1, 0.15) is 57.1 Å². The fourth-order valence-corrected chi connectivity index (χ4v) is 6.35. The summed E-state index contributed by atoms with van der Waals surface area (Å²) in [5, 5.41) is 0. The molecule has 3 unspecified atom stereocenters. The van der Waals surface area contributed by atoms with Crippen LogP contribution in [0.2, 0.25) is 0 Å². The number of nitrogens with one attached hydrogen (secondary N) is 1. The Hall–Kier alpha value is -1.00. The first-order valence-electron chi connectivity index (χ1n) is 8.09. The number of aromatic nitrogens is 1. The predicted octanol–water partition coefficient (Wildman–Crippen LogP) is 3.33. The molecule has 3 nitrogen and oxygen atoms in total. The van der Waals surface area contributed by atoms with E-state index in [2.05, 4.69) is 17.3 Å². The van der Waals surface area contributed by atoms with Crippen LogP contribution < -0.4 is 11.3 Å². The number of nitrogens with zero attached hydrogens (tertiary/aromatic N) is 1. The minimum absolute atomic E-state index is 0.0194. The summed E-state index contributed by atoms with van der Waals surface area (Å²) in [4.78, 5) is 4.03. The maximum Gasteiger partial charge on any atom is 0.141 e. The van der Waals surface area contributed by atoms with Gasteiger partial charge in [0.15, 0.2) is 0 Å². The van der Waals surface area contributed by atoms with Crippen molar-refractivity contribution < 1.29 is 4.39 Å². The Labute approximate surface area is 125 Å². The third-order valence-corrected chi connectivity index (χ3v) is 6.24. The van der Waals surface area contributed by atoms with E-state index in [1.165, 1.54) is 44.7 Å². The number of pyridine rings is 1. The fourth-order valence-electron chi connectivity index (χ4n) is 6.35. The zero-order valence-corrected chi connectivity index (χ0v) is 12.6. The molecule has 0 amide bonds. The highest BCUT2D eigenvalue weighted by Gasteiger charge is 2.58. The van der Waals surface area contributed by atoms with Crippen LogP contribution >= 0.6 is 0 Å². The van der Waals surface area contributed by atoms with Gasteiger partial charge in [-0.05, 0) is 72.8 Å². The van der Waals surface area contributed by atoms with Gasteiger partial charge in [0.2, 0.25) is 0 Å². The van der Waals surface area contributed by atoms with Crippen LogP contribution in [-0.4, -0.2) is 4.98 Å². The Morgan fingerprint density at radius 1 is 1.29 bits per heavy atom. The molecule has 3 N–H and O–H groups in total. The van der Waals surface area contributed by atoms with E-state index in [1.807, 2.05) is 0 Å². The molecule has 114 valence electrons. The molecule has 21 heavy (non-hydrogen) atoms. The SMILES string of the molecule is CC12CC3CC(C1)CC(C(NN)c1cncc(F)c1)(C3)C2. The third kappa shape index (κ3) is 2.11. The molecule has 0 aromatic carbocycles. The van der Waals surface area contributed by atoms with E-state index in [0.29, 0.717) is 5.41 Å². The van der Waals surface area contributed by atoms with Crippen molar-refractivity contribution in [2.45, 2.75) is 51.5 Å². The van der Waals surface area contributed by atoms with Crippen LogP contribution in [0.5, 0.6) is 0 Å². The zero-order valence-electron chi connectivity index (χ0n) is 12.6. The quantitative estimate of drug-likeness (QED) is 0.663. The molecule has 1 aromatic rings. The van der Waals surface area contributed by atoms with Crippen LogP contribution in [0.3, 0.4) is 0 Å². The lowest BCUT2D eigenvalue weighted by Crippen LogP contribution is -2.56. The summed E-state index contributed by atoms with van der Waals surface area (Å²) >= 11 is 0. The second kappa shape index (κ2) is 4.50. The molecule has 4 heteroatoms. The van der Waals surface area contributed by atoms with Gasteiger partial charge in [-0.1, -0.05) is 6.92 Å². The molecule has 5 rings (SSSR count). The monoisotopic (exact) mass is 289 g/mol. The maximum atomic E-state index is 13.6. The van der Waals surface area contributed by atoms with E-state index >= 15 is 0 Å². The highest BCUT2D eigenvalue weighted by atomic mass is 19.1. The number of rotatable bonds is 3. The number of hydrogen-bond acceptors (Lipinski definition) is 3. The van der Waals surface area contributed by atoms with E-state index in [9.17, 15) is 4.39 Å². The number of hydrogen-bond donors (Lipinski definition) is 2. The summed E-state index contributed by atoms with van der Waals surface area (Å²) in [5.41, 5.74) is 4.56. The van der Waals surface area contributed by atoms with Crippen molar-refractivity contribution in [1.82, 2.24) is 10.4 Å². The smallest absolute Gasteiger partial charge is 0.141 e. The highest BCUT2D eigenvalue weighted by molar-refractivity contribution is 5.22. The van der Waals surface area contributed by atoms with Gasteiger partial charge in [0.25, 0.3) is 0 Å². The Kier molecular flexibility index (Phi) is 2.92. The number of hydrazine groups is 1. The molecule has 4 aliphatic carbocycles. The summed E-state index contributed by atoms with van der Waals surface area (Å²) < 4.78 is 13.6. The summed E-state index contributed by atoms with van der Waals surface area (Å²) in [7, 11) is 0. The summed E-state index contributed by atoms with van der Waals surface area (Å²) in [6, 6.07) is 1.62. The molecule has 0 radical (unpaired) electrons. The Bertz CT molecular complexity index is 545. The minimum atomic E-state index is -0.274. The van der Waals surface area contributed by atoms with Crippen molar-refractivity contribution >= 4 is 0 Å². The van der Waals surface area contributed by atoms with Crippen LogP contribution in [0.15, 0.2) is 18.5 Å². The average Bonchev–Trinajstić information content (AvgIpc) is 2.36. The molecule has 0 saturated heterocycles. The summed E-state index contributed by atoms with van der Waals surface area (Å²) in [6.07, 6.45) is 10.8. The second-order valence-corrected chi connectivity index (χ2v) is 8.17. The summed E-state index contributed by atoms with van der Waals surface area (Å²) in [6.45, 7) is 2.44. The van der Waals surface area contributed by atoms with Crippen molar-refractivity contribution in [3.05, 3.63) is 29.8 Å². The lowest BCUT2D eigenvalue weighted by atomic mass is 9.43. The van der Waals surface area contributed by atoms with E-state index in [0.717, 1.165) is 17.4 Å². The van der Waals surface area contributed by atoms with Crippen molar-refractivity contribution in [1.29, 1.82) is 0 Å². The average molecular weight is 289 g/mol. The first kappa shape index (κ1) is 13.6. The normalized spacial score (nSPS) is 42.2. The van der Waals surface area contributed by atoms with Crippen LogP contribution in [0.4, 0.5) is 4.39 Å². The topological polar surface area (TPSA) is 50.9 Å². The fraction of sp³-hybridized carbons (Fsp3) is 0.706. The molecule has 1 aromatic heterocycles. The van der Waals surface area contributed by atoms with Crippen LogP contribution in [0, 0.1) is 28.5 Å². The highest BCUT2D eigenvalue weighted by Crippen LogP contribution is 2.68. The van der Waals surface area contributed by atoms with E-state index in [4.69, 9.17) is 5.84 Å². The van der Waals surface area contributed by atoms with Crippen molar-refractivity contribution in [2.75, 3.05) is 0 Å². The van der Waals surface area contributed by atoms with E-state index in [-0.39, 0.29) is 17.3 Å². The molecular formula is C17H24FN3. The molecule has 1 heterocycles. The Morgan fingerprint density at radius 3 is 2.57 bits per heavy atom. The third-order valence-electron chi connectivity index (χ3n) is 6.24. The first-order chi connectivity index (χ1) is 10.0. The molecule has 4 saturated carbocycles. The van der Waals surface area contributed by atoms with Gasteiger partial charge in [-0.15, -0.1) is 0 Å². The molecule has 0 aliphatic heterocycles. The van der Waals surface area contributed by atoms with Crippen molar-refractivity contribution in [3.63, 3.8) is 0 Å². The Balaban J connectivity index is 1.73. The van der Waals surface area contributed by atoms with Gasteiger partial charge in [0.05, 0.1) is 12.2 Å².